The van der Waals surface area contributed by atoms with Crippen molar-refractivity contribution in [3.8, 4) is 17.1 Å². The third-order valence-corrected chi connectivity index (χ3v) is 6.43. The zero-order chi connectivity index (χ0) is 31.0. The van der Waals surface area contributed by atoms with Gasteiger partial charge in [-0.25, -0.2) is 9.67 Å². The molecule has 0 aliphatic rings. The molecule has 0 spiro atoms. The van der Waals surface area contributed by atoms with Gasteiger partial charge in [0, 0.05) is 24.0 Å². The van der Waals surface area contributed by atoms with Crippen molar-refractivity contribution in [3.63, 3.8) is 0 Å². The number of aromatic nitrogens is 3. The minimum Gasteiger partial charge on any atom is -0.484 e. The Balaban J connectivity index is 0.000000246. The average Bonchev–Trinajstić information content (AvgIpc) is 3.50. The third kappa shape index (κ3) is 10.2. The number of carbonyl (C=O) groups is 1. The summed E-state index contributed by atoms with van der Waals surface area (Å²) in [5.74, 6) is 7.17. The first-order valence-corrected chi connectivity index (χ1v) is 14.2. The van der Waals surface area contributed by atoms with Crippen LogP contribution in [0.4, 0.5) is 5.69 Å². The first-order chi connectivity index (χ1) is 20.9. The smallest absolute Gasteiger partial charge is 0.279 e. The number of methoxy groups -OCH3 is 1. The van der Waals surface area contributed by atoms with Crippen LogP contribution >= 0.6 is 12.4 Å². The molecule has 9 heteroatoms. The first kappa shape index (κ1) is 35.4. The molecule has 0 radical (unpaired) electrons. The topological polar surface area (TPSA) is 107 Å². The second-order valence-electron chi connectivity index (χ2n) is 9.46. The summed E-state index contributed by atoms with van der Waals surface area (Å²) in [6, 6.07) is 35.3. The summed E-state index contributed by atoms with van der Waals surface area (Å²) in [5.41, 5.74) is 8.68. The maximum absolute atomic E-state index is 11.5. The van der Waals surface area contributed by atoms with Crippen LogP contribution in [-0.4, -0.2) is 33.7 Å². The summed E-state index contributed by atoms with van der Waals surface area (Å²) in [7, 11) is 1.51. The Morgan fingerprint density at radius 3 is 1.93 bits per heavy atom. The molecule has 4 aromatic carbocycles. The van der Waals surface area contributed by atoms with Crippen LogP contribution in [0, 0.1) is 13.8 Å². The van der Waals surface area contributed by atoms with Crippen molar-refractivity contribution in [3.05, 3.63) is 132 Å². The predicted molar refractivity (Wildman–Crippen MR) is 183 cm³/mol. The number of hydrogen-bond donors (Lipinski definition) is 2. The van der Waals surface area contributed by atoms with E-state index in [4.69, 9.17) is 10.6 Å². The second kappa shape index (κ2) is 18.7. The molecule has 1 amide bonds. The molecule has 0 bridgehead atoms. The molecule has 0 saturated heterocycles. The van der Waals surface area contributed by atoms with E-state index in [-0.39, 0.29) is 18.3 Å². The lowest BCUT2D eigenvalue weighted by molar-refractivity contribution is 0.0999. The van der Waals surface area contributed by atoms with Crippen molar-refractivity contribution in [2.75, 3.05) is 12.5 Å². The lowest BCUT2D eigenvalue weighted by Gasteiger charge is -2.08. The highest BCUT2D eigenvalue weighted by Crippen LogP contribution is 2.23. The molecule has 0 fully saturated rings. The largest absolute Gasteiger partial charge is 0.484 e. The average molecular weight is 613 g/mol. The molecule has 5 rings (SSSR count). The van der Waals surface area contributed by atoms with Crippen molar-refractivity contribution < 1.29 is 9.53 Å². The standard InChI is InChI=1S/C17H17N3.C11H13NO2.C7H10N2.ClH/c1-3-16-18-17(14-10-5-4-6-11-14)20(19-16)15-12-8-7-9-13(15)2;1-3-10(14-2)12-11(13)9-7-5-4-6-8-9;1-6-4-2-3-5-7(6)9-8;/h4-12H,3H2,1-2H3;4-8H,3H2,1-2H3;2-5,9H,8H2,1H3;1H. The molecule has 5 aromatic rings. The van der Waals surface area contributed by atoms with Crippen LogP contribution in [0.1, 0.15) is 47.6 Å². The summed E-state index contributed by atoms with van der Waals surface area (Å²) < 4.78 is 6.87. The van der Waals surface area contributed by atoms with Gasteiger partial charge in [-0.05, 0) is 49.2 Å². The Morgan fingerprint density at radius 2 is 1.41 bits per heavy atom. The number of nitrogens with zero attached hydrogens (tertiary/aromatic N) is 4. The van der Waals surface area contributed by atoms with Crippen LogP contribution in [0.2, 0.25) is 0 Å². The van der Waals surface area contributed by atoms with Gasteiger partial charge in [0.2, 0.25) is 0 Å². The number of benzene rings is 4. The fourth-order valence-electron chi connectivity index (χ4n) is 4.01. The molecule has 3 N–H and O–H groups in total. The van der Waals surface area contributed by atoms with Gasteiger partial charge in [0.25, 0.3) is 5.91 Å². The monoisotopic (exact) mass is 612 g/mol. The molecular weight excluding hydrogens is 572 g/mol. The molecule has 8 nitrogen and oxygen atoms in total. The number of nitrogen functional groups attached to an aromatic ring is 1. The zero-order valence-electron chi connectivity index (χ0n) is 25.9. The van der Waals surface area contributed by atoms with Gasteiger partial charge in [0.15, 0.2) is 17.5 Å². The maximum atomic E-state index is 11.5. The summed E-state index contributed by atoms with van der Waals surface area (Å²) in [6.45, 7) is 8.07. The minimum atomic E-state index is -0.260. The molecule has 0 aliphatic heterocycles. The Bertz CT molecular complexity index is 1600. The number of hydrogen-bond acceptors (Lipinski definition) is 6. The molecule has 0 aliphatic carbocycles. The number of hydrazine groups is 1. The summed E-state index contributed by atoms with van der Waals surface area (Å²) in [5, 5.41) is 4.64. The van der Waals surface area contributed by atoms with Crippen LogP contribution in [-0.2, 0) is 11.2 Å². The predicted octanol–water partition coefficient (Wildman–Crippen LogP) is 7.79. The number of halogens is 1. The van der Waals surface area contributed by atoms with E-state index >= 15 is 0 Å². The maximum Gasteiger partial charge on any atom is 0.279 e. The van der Waals surface area contributed by atoms with E-state index in [0.717, 1.165) is 35.0 Å². The number of amides is 1. The van der Waals surface area contributed by atoms with Crippen molar-refractivity contribution in [1.82, 2.24) is 14.8 Å². The Morgan fingerprint density at radius 1 is 0.841 bits per heavy atom. The van der Waals surface area contributed by atoms with Gasteiger partial charge in [-0.2, -0.15) is 10.1 Å². The lowest BCUT2D eigenvalue weighted by atomic mass is 10.2. The number of nitrogens with one attached hydrogen (secondary N) is 1. The lowest BCUT2D eigenvalue weighted by Crippen LogP contribution is -2.07. The van der Waals surface area contributed by atoms with Crippen molar-refractivity contribution in [2.24, 2.45) is 10.8 Å². The number of anilines is 1. The van der Waals surface area contributed by atoms with Crippen LogP contribution in [0.5, 0.6) is 0 Å². The van der Waals surface area contributed by atoms with E-state index in [2.05, 4.69) is 58.6 Å². The van der Waals surface area contributed by atoms with Crippen LogP contribution in [0.3, 0.4) is 0 Å². The Kier molecular flexibility index (Phi) is 15.0. The van der Waals surface area contributed by atoms with E-state index in [1.807, 2.05) is 79.2 Å². The Labute approximate surface area is 266 Å². The van der Waals surface area contributed by atoms with Crippen LogP contribution < -0.4 is 11.3 Å². The van der Waals surface area contributed by atoms with Gasteiger partial charge in [-0.1, -0.05) is 98.8 Å². The first-order valence-electron chi connectivity index (χ1n) is 14.2. The summed E-state index contributed by atoms with van der Waals surface area (Å²) in [6.07, 6.45) is 1.45. The third-order valence-electron chi connectivity index (χ3n) is 6.43. The number of aliphatic imine (C=N–C) groups is 1. The SMILES string of the molecule is CCC(=NC(=O)c1ccccc1)OC.CCc1nc(-c2ccccc2)n(-c2ccccc2C)n1.Cc1ccccc1NN.Cl. The van der Waals surface area contributed by atoms with Crippen molar-refractivity contribution >= 4 is 29.9 Å². The molecule has 44 heavy (non-hydrogen) atoms. The van der Waals surface area contributed by atoms with Gasteiger partial charge < -0.3 is 10.2 Å². The Hall–Kier alpha value is -4.79. The number of rotatable bonds is 6. The number of para-hydroxylation sites is 2. The number of aryl methyl sites for hydroxylation is 3. The van der Waals surface area contributed by atoms with Crippen molar-refractivity contribution in [2.45, 2.75) is 40.5 Å². The molecule has 0 saturated carbocycles. The van der Waals surface area contributed by atoms with Crippen LogP contribution in [0.25, 0.3) is 17.1 Å². The van der Waals surface area contributed by atoms with E-state index in [1.165, 1.54) is 18.2 Å². The fourth-order valence-corrected chi connectivity index (χ4v) is 4.01. The minimum absolute atomic E-state index is 0. The van der Waals surface area contributed by atoms with Crippen LogP contribution in [0.15, 0.2) is 114 Å². The highest BCUT2D eigenvalue weighted by atomic mass is 35.5. The molecular formula is C35H41ClN6O2. The van der Waals surface area contributed by atoms with Gasteiger partial charge in [-0.15, -0.1) is 12.4 Å². The van der Waals surface area contributed by atoms with Gasteiger partial charge in [0.1, 0.15) is 0 Å². The fraction of sp³-hybridized carbons (Fsp3) is 0.200. The normalized spacial score (nSPS) is 10.3. The molecule has 1 heterocycles. The number of carbonyl (C=O) groups excluding carboxylic acids is 1. The molecule has 0 atom stereocenters. The van der Waals surface area contributed by atoms with E-state index < -0.39 is 0 Å². The van der Waals surface area contributed by atoms with E-state index in [9.17, 15) is 4.79 Å². The van der Waals surface area contributed by atoms with E-state index in [1.54, 1.807) is 24.3 Å². The second-order valence-corrected chi connectivity index (χ2v) is 9.46. The zero-order valence-corrected chi connectivity index (χ0v) is 26.7. The van der Waals surface area contributed by atoms with Gasteiger partial charge >= 0.3 is 0 Å². The summed E-state index contributed by atoms with van der Waals surface area (Å²) in [4.78, 5) is 20.0. The molecule has 0 unspecified atom stereocenters. The number of nitrogens with two attached hydrogens (primary N) is 1. The summed E-state index contributed by atoms with van der Waals surface area (Å²) >= 11 is 0. The van der Waals surface area contributed by atoms with Crippen molar-refractivity contribution in [1.29, 1.82) is 0 Å². The van der Waals surface area contributed by atoms with E-state index in [0.29, 0.717) is 17.9 Å². The van der Waals surface area contributed by atoms with Gasteiger partial charge in [0.05, 0.1) is 18.5 Å². The van der Waals surface area contributed by atoms with Gasteiger partial charge in [-0.3, -0.25) is 10.6 Å². The molecule has 230 valence electrons. The number of ether oxygens (including phenoxy) is 1. The quantitative estimate of drug-likeness (QED) is 0.0877. The highest BCUT2D eigenvalue weighted by Gasteiger charge is 2.13. The highest BCUT2D eigenvalue weighted by molar-refractivity contribution is 6.01. The molecule has 1 aromatic heterocycles.